The van der Waals surface area contributed by atoms with Crippen molar-refractivity contribution in [1.82, 2.24) is 0 Å². The molecule has 3 aliphatic carbocycles. The van der Waals surface area contributed by atoms with Crippen LogP contribution in [0.4, 0.5) is 0 Å². The van der Waals surface area contributed by atoms with Crippen LogP contribution in [0.1, 0.15) is 49.1 Å². The molecule has 3 aliphatic rings. The molecule has 1 fully saturated rings. The first-order valence-corrected chi connectivity index (χ1v) is 9.40. The van der Waals surface area contributed by atoms with Gasteiger partial charge in [0.05, 0.1) is 14.2 Å². The molecule has 1 unspecified atom stereocenters. The molecule has 0 aromatic heterocycles. The van der Waals surface area contributed by atoms with Gasteiger partial charge in [-0.2, -0.15) is 0 Å². The smallest absolute Gasteiger partial charge is 0.122 e. The molecule has 2 heteroatoms. The molecular formula is C22H28O2. The van der Waals surface area contributed by atoms with E-state index in [-0.39, 0.29) is 0 Å². The predicted molar refractivity (Wildman–Crippen MR) is 97.2 cm³/mol. The van der Waals surface area contributed by atoms with E-state index in [2.05, 4.69) is 36.4 Å². The molecule has 0 amide bonds. The van der Waals surface area contributed by atoms with Crippen molar-refractivity contribution in [2.45, 2.75) is 44.4 Å². The number of allylic oxidation sites excluding steroid dienone is 3. The number of rotatable bonds is 3. The van der Waals surface area contributed by atoms with Crippen LogP contribution in [-0.4, -0.2) is 14.2 Å². The fourth-order valence-corrected chi connectivity index (χ4v) is 5.36. The van der Waals surface area contributed by atoms with Crippen LogP contribution in [0.3, 0.4) is 0 Å². The van der Waals surface area contributed by atoms with Crippen molar-refractivity contribution in [3.05, 3.63) is 53.3 Å². The van der Waals surface area contributed by atoms with Gasteiger partial charge in [-0.25, -0.2) is 0 Å². The van der Waals surface area contributed by atoms with Crippen molar-refractivity contribution in [2.75, 3.05) is 14.2 Å². The molecule has 1 aromatic carbocycles. The monoisotopic (exact) mass is 324 g/mol. The highest BCUT2D eigenvalue weighted by Crippen LogP contribution is 2.53. The molecule has 0 spiro atoms. The molecule has 0 heterocycles. The molecule has 4 atom stereocenters. The lowest BCUT2D eigenvalue weighted by Gasteiger charge is -2.45. The van der Waals surface area contributed by atoms with E-state index in [0.29, 0.717) is 11.8 Å². The normalized spacial score (nSPS) is 31.7. The van der Waals surface area contributed by atoms with Gasteiger partial charge in [0.15, 0.2) is 0 Å². The summed E-state index contributed by atoms with van der Waals surface area (Å²) in [6.07, 6.45) is 14.6. The molecule has 2 nitrogen and oxygen atoms in total. The van der Waals surface area contributed by atoms with Crippen LogP contribution in [0, 0.1) is 17.8 Å². The standard InChI is InChI=1S/C22H28O2/c1-23-17-12-10-15(11-13-17)20-14-16-6-5-9-21(24-2)22(16)19-8-4-3-7-18(19)20/h5-6,9-10,12-13,15,18-20H,3-4,7-8,11,14H2,1-2H3/t15?,18-,19+,20-/m0/s1. The first-order chi connectivity index (χ1) is 11.8. The van der Waals surface area contributed by atoms with E-state index in [0.717, 1.165) is 29.8 Å². The van der Waals surface area contributed by atoms with Crippen LogP contribution in [0.2, 0.25) is 0 Å². The Morgan fingerprint density at radius 1 is 1.00 bits per heavy atom. The molecule has 24 heavy (non-hydrogen) atoms. The van der Waals surface area contributed by atoms with Gasteiger partial charge in [0, 0.05) is 5.56 Å². The molecule has 0 aliphatic heterocycles. The summed E-state index contributed by atoms with van der Waals surface area (Å²) in [5.41, 5.74) is 3.05. The van der Waals surface area contributed by atoms with E-state index in [1.807, 2.05) is 7.11 Å². The Hall–Kier alpha value is -1.70. The maximum Gasteiger partial charge on any atom is 0.122 e. The van der Waals surface area contributed by atoms with Gasteiger partial charge in [0.1, 0.15) is 11.5 Å². The number of hydrogen-bond donors (Lipinski definition) is 0. The second-order valence-corrected chi connectivity index (χ2v) is 7.53. The molecular weight excluding hydrogens is 296 g/mol. The Balaban J connectivity index is 1.67. The average molecular weight is 324 g/mol. The number of ether oxygens (including phenoxy) is 2. The highest BCUT2D eigenvalue weighted by atomic mass is 16.5. The fraction of sp³-hybridized carbons (Fsp3) is 0.545. The van der Waals surface area contributed by atoms with Gasteiger partial charge < -0.3 is 9.47 Å². The molecule has 0 radical (unpaired) electrons. The number of benzene rings is 1. The third-order valence-corrected chi connectivity index (χ3v) is 6.46. The van der Waals surface area contributed by atoms with Gasteiger partial charge in [-0.1, -0.05) is 31.1 Å². The molecule has 0 bridgehead atoms. The predicted octanol–water partition coefficient (Wildman–Crippen LogP) is 5.25. The van der Waals surface area contributed by atoms with E-state index < -0.39 is 0 Å². The van der Waals surface area contributed by atoms with Gasteiger partial charge >= 0.3 is 0 Å². The van der Waals surface area contributed by atoms with E-state index in [1.165, 1.54) is 43.2 Å². The Kier molecular flexibility index (Phi) is 4.39. The van der Waals surface area contributed by atoms with E-state index in [1.54, 1.807) is 7.11 Å². The van der Waals surface area contributed by atoms with E-state index in [4.69, 9.17) is 9.47 Å². The Morgan fingerprint density at radius 2 is 1.88 bits per heavy atom. The molecule has 4 rings (SSSR count). The highest BCUT2D eigenvalue weighted by molar-refractivity contribution is 5.46. The highest BCUT2D eigenvalue weighted by Gasteiger charge is 2.42. The number of fused-ring (bicyclic) bond motifs is 3. The van der Waals surface area contributed by atoms with Crippen molar-refractivity contribution in [1.29, 1.82) is 0 Å². The van der Waals surface area contributed by atoms with Crippen molar-refractivity contribution < 1.29 is 9.47 Å². The zero-order chi connectivity index (χ0) is 16.5. The first kappa shape index (κ1) is 15.8. The van der Waals surface area contributed by atoms with Gasteiger partial charge in [-0.15, -0.1) is 0 Å². The largest absolute Gasteiger partial charge is 0.497 e. The summed E-state index contributed by atoms with van der Waals surface area (Å²) in [5.74, 6) is 5.02. The zero-order valence-electron chi connectivity index (χ0n) is 14.8. The van der Waals surface area contributed by atoms with E-state index >= 15 is 0 Å². The van der Waals surface area contributed by atoms with E-state index in [9.17, 15) is 0 Å². The summed E-state index contributed by atoms with van der Waals surface area (Å²) < 4.78 is 11.1. The molecule has 0 saturated heterocycles. The Bertz CT molecular complexity index is 658. The second kappa shape index (κ2) is 6.66. The number of methoxy groups -OCH3 is 2. The summed E-state index contributed by atoms with van der Waals surface area (Å²) in [5, 5.41) is 0. The Morgan fingerprint density at radius 3 is 2.62 bits per heavy atom. The SMILES string of the molecule is COC1=CCC([C@@H]2Cc3cccc(OC)c3[C@@H]3CCCC[C@@H]32)C=C1. The Labute approximate surface area is 145 Å². The van der Waals surface area contributed by atoms with Crippen LogP contribution in [0.25, 0.3) is 0 Å². The summed E-state index contributed by atoms with van der Waals surface area (Å²) >= 11 is 0. The van der Waals surface area contributed by atoms with Gasteiger partial charge in [0.25, 0.3) is 0 Å². The molecule has 1 saturated carbocycles. The lowest BCUT2D eigenvalue weighted by Crippen LogP contribution is -2.36. The van der Waals surface area contributed by atoms with Crippen molar-refractivity contribution in [3.8, 4) is 5.75 Å². The summed E-state index contributed by atoms with van der Waals surface area (Å²) in [6, 6.07) is 6.65. The van der Waals surface area contributed by atoms with Crippen molar-refractivity contribution in [2.24, 2.45) is 17.8 Å². The lowest BCUT2D eigenvalue weighted by molar-refractivity contribution is 0.153. The van der Waals surface area contributed by atoms with Crippen LogP contribution in [-0.2, 0) is 11.2 Å². The van der Waals surface area contributed by atoms with Crippen molar-refractivity contribution in [3.63, 3.8) is 0 Å². The summed E-state index contributed by atoms with van der Waals surface area (Å²) in [4.78, 5) is 0. The third-order valence-electron chi connectivity index (χ3n) is 6.46. The van der Waals surface area contributed by atoms with Gasteiger partial charge in [-0.3, -0.25) is 0 Å². The molecule has 0 N–H and O–H groups in total. The maximum absolute atomic E-state index is 5.73. The molecule has 1 aromatic rings. The van der Waals surface area contributed by atoms with Crippen molar-refractivity contribution >= 4 is 0 Å². The van der Waals surface area contributed by atoms with Crippen LogP contribution in [0.5, 0.6) is 5.75 Å². The van der Waals surface area contributed by atoms with Gasteiger partial charge in [-0.05, 0) is 73.1 Å². The lowest BCUT2D eigenvalue weighted by atomic mass is 9.59. The summed E-state index contributed by atoms with van der Waals surface area (Å²) in [6.45, 7) is 0. The summed E-state index contributed by atoms with van der Waals surface area (Å²) in [7, 11) is 3.58. The van der Waals surface area contributed by atoms with Crippen LogP contribution < -0.4 is 4.74 Å². The minimum Gasteiger partial charge on any atom is -0.497 e. The second-order valence-electron chi connectivity index (χ2n) is 7.53. The minimum absolute atomic E-state index is 0.647. The van der Waals surface area contributed by atoms with Crippen LogP contribution >= 0.6 is 0 Å². The fourth-order valence-electron chi connectivity index (χ4n) is 5.36. The molecule has 128 valence electrons. The zero-order valence-corrected chi connectivity index (χ0v) is 14.8. The topological polar surface area (TPSA) is 18.5 Å². The van der Waals surface area contributed by atoms with Crippen LogP contribution in [0.15, 0.2) is 42.2 Å². The number of hydrogen-bond acceptors (Lipinski definition) is 2. The third kappa shape index (κ3) is 2.66. The minimum atomic E-state index is 0.647. The average Bonchev–Trinajstić information content (AvgIpc) is 2.67. The quantitative estimate of drug-likeness (QED) is 0.756. The van der Waals surface area contributed by atoms with Gasteiger partial charge in [0.2, 0.25) is 0 Å². The maximum atomic E-state index is 5.73. The first-order valence-electron chi connectivity index (χ1n) is 9.40.